The van der Waals surface area contributed by atoms with Crippen LogP contribution in [0, 0.1) is 30.6 Å². The molecule has 3 nitrogen and oxygen atoms in total. The summed E-state index contributed by atoms with van der Waals surface area (Å²) in [5.74, 6) is 1.72. The maximum atomic E-state index is 7.74. The van der Waals surface area contributed by atoms with Gasteiger partial charge in [0.1, 0.15) is 5.75 Å². The van der Waals surface area contributed by atoms with E-state index in [1.807, 2.05) is 0 Å². The third-order valence-electron chi connectivity index (χ3n) is 14.3. The minimum absolute atomic E-state index is 0.0699. The van der Waals surface area contributed by atoms with Gasteiger partial charge in [-0.05, 0) is 102 Å². The first kappa shape index (κ1) is 30.5. The van der Waals surface area contributed by atoms with Crippen LogP contribution in [0.15, 0.2) is 97.1 Å². The Labute approximate surface area is 296 Å². The largest absolute Gasteiger partial charge is 0.472 e. The molecule has 2 aliphatic heterocycles. The van der Waals surface area contributed by atoms with Gasteiger partial charge in [0.2, 0.25) is 0 Å². The van der Waals surface area contributed by atoms with Gasteiger partial charge in [-0.15, -0.1) is 0 Å². The molecule has 2 heterocycles. The number of nitrogens with zero attached hydrogens (tertiary/aromatic N) is 1. The van der Waals surface area contributed by atoms with Crippen LogP contribution in [0.3, 0.4) is 0 Å². The molecule has 2 bridgehead atoms. The number of hydrogen-bond donors (Lipinski definition) is 0. The van der Waals surface area contributed by atoms with Crippen molar-refractivity contribution in [1.82, 2.24) is 0 Å². The minimum atomic E-state index is -0.768. The molecule has 1 spiro atoms. The van der Waals surface area contributed by atoms with Crippen LogP contribution >= 0.6 is 0 Å². The van der Waals surface area contributed by atoms with Crippen LogP contribution in [0.1, 0.15) is 79.0 Å². The van der Waals surface area contributed by atoms with Crippen molar-refractivity contribution in [3.05, 3.63) is 136 Å². The van der Waals surface area contributed by atoms with Gasteiger partial charge in [-0.2, -0.15) is 0 Å². The SMILES string of the molecule is Cc1ccc2c(c1)C1(CC3CCC1(C)C3(C)C)c1c3c(c4cc(C)ccc4c1-2)OC(c1ccccc1)(c1ccc(N2CCOCC2)cc1)C=C3. The Morgan fingerprint density at radius 2 is 1.48 bits per heavy atom. The van der Waals surface area contributed by atoms with Crippen molar-refractivity contribution in [2.75, 3.05) is 31.2 Å². The van der Waals surface area contributed by atoms with Crippen molar-refractivity contribution >= 4 is 22.5 Å². The monoisotopic (exact) mass is 657 g/mol. The molecule has 0 radical (unpaired) electrons. The molecule has 4 unspecified atom stereocenters. The normalized spacial score (nSPS) is 28.5. The molecule has 0 amide bonds. The Bertz CT molecular complexity index is 2230. The van der Waals surface area contributed by atoms with E-state index in [-0.39, 0.29) is 16.2 Å². The highest BCUT2D eigenvalue weighted by molar-refractivity contribution is 6.09. The maximum absolute atomic E-state index is 7.74. The van der Waals surface area contributed by atoms with E-state index in [9.17, 15) is 0 Å². The Kier molecular flexibility index (Phi) is 6.31. The molecular weight excluding hydrogens is 611 g/mol. The van der Waals surface area contributed by atoms with Gasteiger partial charge in [-0.1, -0.05) is 111 Å². The smallest absolute Gasteiger partial charge is 0.178 e. The Morgan fingerprint density at radius 1 is 0.760 bits per heavy atom. The zero-order valence-electron chi connectivity index (χ0n) is 30.1. The molecule has 3 heteroatoms. The van der Waals surface area contributed by atoms with E-state index in [0.717, 1.165) is 43.2 Å². The minimum Gasteiger partial charge on any atom is -0.472 e. The Balaban J connectivity index is 1.25. The lowest BCUT2D eigenvalue weighted by molar-refractivity contribution is 0.0983. The van der Waals surface area contributed by atoms with E-state index in [1.54, 1.807) is 5.56 Å². The highest BCUT2D eigenvalue weighted by Gasteiger charge is 2.72. The Hall–Kier alpha value is -4.34. The molecule has 0 aromatic heterocycles. The van der Waals surface area contributed by atoms with Gasteiger partial charge in [0.15, 0.2) is 5.60 Å². The summed E-state index contributed by atoms with van der Waals surface area (Å²) < 4.78 is 13.4. The van der Waals surface area contributed by atoms with Crippen LogP contribution in [0.5, 0.6) is 5.75 Å². The van der Waals surface area contributed by atoms with Gasteiger partial charge in [0.25, 0.3) is 0 Å². The summed E-state index contributed by atoms with van der Waals surface area (Å²) in [5, 5.41) is 2.53. The summed E-state index contributed by atoms with van der Waals surface area (Å²) in [7, 11) is 0. The molecule has 0 N–H and O–H groups in total. The lowest BCUT2D eigenvalue weighted by Crippen LogP contribution is -2.45. The van der Waals surface area contributed by atoms with Crippen molar-refractivity contribution in [2.24, 2.45) is 16.7 Å². The molecule has 50 heavy (non-hydrogen) atoms. The first-order valence-electron chi connectivity index (χ1n) is 18.8. The van der Waals surface area contributed by atoms with Gasteiger partial charge in [-0.3, -0.25) is 0 Å². The molecule has 10 rings (SSSR count). The quantitative estimate of drug-likeness (QED) is 0.193. The number of anilines is 1. The average Bonchev–Trinajstić information content (AvgIpc) is 3.62. The van der Waals surface area contributed by atoms with E-state index in [1.165, 1.54) is 69.1 Å². The summed E-state index contributed by atoms with van der Waals surface area (Å²) in [4.78, 5) is 2.42. The molecule has 2 saturated carbocycles. The molecule has 1 saturated heterocycles. The summed E-state index contributed by atoms with van der Waals surface area (Å²) in [6, 6.07) is 34.3. The highest BCUT2D eigenvalue weighted by Crippen LogP contribution is 2.79. The summed E-state index contributed by atoms with van der Waals surface area (Å²) >= 11 is 0. The van der Waals surface area contributed by atoms with Crippen molar-refractivity contribution in [3.8, 4) is 16.9 Å². The molecule has 5 aliphatic rings. The lowest BCUT2D eigenvalue weighted by atomic mass is 9.54. The van der Waals surface area contributed by atoms with E-state index in [2.05, 4.69) is 143 Å². The van der Waals surface area contributed by atoms with E-state index >= 15 is 0 Å². The zero-order chi connectivity index (χ0) is 34.0. The van der Waals surface area contributed by atoms with E-state index in [0.29, 0.717) is 5.92 Å². The highest BCUT2D eigenvalue weighted by atomic mass is 16.5. The summed E-state index contributed by atoms with van der Waals surface area (Å²) in [6.45, 7) is 15.6. The number of hydrogen-bond acceptors (Lipinski definition) is 3. The van der Waals surface area contributed by atoms with Crippen LogP contribution in [0.25, 0.3) is 28.0 Å². The van der Waals surface area contributed by atoms with Crippen LogP contribution in [0.4, 0.5) is 5.69 Å². The van der Waals surface area contributed by atoms with Crippen molar-refractivity contribution in [3.63, 3.8) is 0 Å². The maximum Gasteiger partial charge on any atom is 0.178 e. The predicted octanol–water partition coefficient (Wildman–Crippen LogP) is 10.8. The molecule has 5 aromatic carbocycles. The number of fused-ring (bicyclic) bond motifs is 13. The van der Waals surface area contributed by atoms with Crippen LogP contribution in [-0.2, 0) is 15.8 Å². The fourth-order valence-electron chi connectivity index (χ4n) is 11.3. The number of ether oxygens (including phenoxy) is 2. The summed E-state index contributed by atoms with van der Waals surface area (Å²) in [6.07, 6.45) is 8.61. The van der Waals surface area contributed by atoms with Gasteiger partial charge in [0, 0.05) is 46.3 Å². The first-order valence-corrected chi connectivity index (χ1v) is 18.8. The molecule has 3 aliphatic carbocycles. The van der Waals surface area contributed by atoms with Gasteiger partial charge < -0.3 is 14.4 Å². The van der Waals surface area contributed by atoms with E-state index < -0.39 is 5.60 Å². The molecular formula is C47H47NO2. The first-order chi connectivity index (χ1) is 24.2. The van der Waals surface area contributed by atoms with Gasteiger partial charge in [0.05, 0.1) is 13.2 Å². The van der Waals surface area contributed by atoms with Crippen LogP contribution < -0.4 is 9.64 Å². The standard InChI is InChI=1S/C47H47NO2/c1-30-11-17-36-39(27-30)43-38(42-41(36)37-18-12-31(2)28-40(37)46(42)29-34-19-21-45(46,5)44(34,3)4)20-22-47(50-43,32-9-7-6-8-10-32)33-13-15-35(16-14-33)48-23-25-49-26-24-48/h6-18,20,22,27-28,34H,19,21,23-26,29H2,1-5H3. The summed E-state index contributed by atoms with van der Waals surface area (Å²) in [5.41, 5.74) is 12.9. The van der Waals surface area contributed by atoms with Crippen molar-refractivity contribution in [1.29, 1.82) is 0 Å². The molecule has 4 atom stereocenters. The molecule has 252 valence electrons. The average molecular weight is 658 g/mol. The van der Waals surface area contributed by atoms with Crippen molar-refractivity contribution < 1.29 is 9.47 Å². The van der Waals surface area contributed by atoms with Crippen molar-refractivity contribution in [2.45, 2.75) is 64.9 Å². The predicted molar refractivity (Wildman–Crippen MR) is 205 cm³/mol. The van der Waals surface area contributed by atoms with E-state index in [4.69, 9.17) is 9.47 Å². The van der Waals surface area contributed by atoms with Gasteiger partial charge in [-0.25, -0.2) is 0 Å². The zero-order valence-corrected chi connectivity index (χ0v) is 30.1. The number of aryl methyl sites for hydroxylation is 2. The van der Waals surface area contributed by atoms with Crippen LogP contribution in [-0.4, -0.2) is 26.3 Å². The van der Waals surface area contributed by atoms with Gasteiger partial charge >= 0.3 is 0 Å². The Morgan fingerprint density at radius 3 is 2.20 bits per heavy atom. The fourth-order valence-corrected chi connectivity index (χ4v) is 11.3. The van der Waals surface area contributed by atoms with Crippen LogP contribution in [0.2, 0.25) is 0 Å². The topological polar surface area (TPSA) is 21.7 Å². The molecule has 5 aromatic rings. The number of rotatable bonds is 3. The number of benzene rings is 5. The molecule has 3 fully saturated rings. The second kappa shape index (κ2) is 10.4. The number of morpholine rings is 1. The third-order valence-corrected chi connectivity index (χ3v) is 14.3. The second-order valence-corrected chi connectivity index (χ2v) is 16.7. The third kappa shape index (κ3) is 3.74. The lowest BCUT2D eigenvalue weighted by Gasteiger charge is -2.49. The fraction of sp³-hybridized carbons (Fsp3) is 0.362. The second-order valence-electron chi connectivity index (χ2n) is 16.7.